The van der Waals surface area contributed by atoms with Crippen molar-refractivity contribution in [3.8, 4) is 11.1 Å². The number of hydrogen-bond acceptors (Lipinski definition) is 3. The second kappa shape index (κ2) is 6.05. The number of ketones is 1. The molecule has 114 valence electrons. The summed E-state index contributed by atoms with van der Waals surface area (Å²) in [6, 6.07) is 22.9. The third kappa shape index (κ3) is 2.68. The van der Waals surface area contributed by atoms with E-state index < -0.39 is 0 Å². The highest BCUT2D eigenvalue weighted by Gasteiger charge is 2.10. The number of rotatable bonds is 3. The molecule has 0 saturated carbocycles. The summed E-state index contributed by atoms with van der Waals surface area (Å²) in [5, 5.41) is 0. The summed E-state index contributed by atoms with van der Waals surface area (Å²) >= 11 is 0. The molecule has 0 aliphatic carbocycles. The molecular formula is C21H14N2O. The van der Waals surface area contributed by atoms with Crippen LogP contribution in [0.5, 0.6) is 0 Å². The van der Waals surface area contributed by atoms with Gasteiger partial charge in [-0.2, -0.15) is 0 Å². The molecule has 0 radical (unpaired) electrons. The van der Waals surface area contributed by atoms with Crippen LogP contribution in [0.3, 0.4) is 0 Å². The molecule has 0 fully saturated rings. The molecule has 0 aliphatic heterocycles. The minimum Gasteiger partial charge on any atom is -0.289 e. The van der Waals surface area contributed by atoms with E-state index in [2.05, 4.69) is 9.97 Å². The summed E-state index contributed by atoms with van der Waals surface area (Å²) in [5.41, 5.74) is 5.08. The van der Waals surface area contributed by atoms with Crippen LogP contribution in [0, 0.1) is 0 Å². The zero-order valence-electron chi connectivity index (χ0n) is 12.9. The van der Waals surface area contributed by atoms with Gasteiger partial charge in [0.1, 0.15) is 0 Å². The summed E-state index contributed by atoms with van der Waals surface area (Å²) in [6.45, 7) is 0. The van der Waals surface area contributed by atoms with E-state index in [0.29, 0.717) is 11.1 Å². The molecule has 4 rings (SSSR count). The van der Waals surface area contributed by atoms with Gasteiger partial charge in [-0.15, -0.1) is 0 Å². The number of aromatic nitrogens is 2. The molecule has 0 amide bonds. The largest absolute Gasteiger partial charge is 0.289 e. The first-order chi connectivity index (χ1) is 11.8. The highest BCUT2D eigenvalue weighted by molar-refractivity contribution is 6.09. The first-order valence-electron chi connectivity index (χ1n) is 7.72. The second-order valence-corrected chi connectivity index (χ2v) is 5.54. The lowest BCUT2D eigenvalue weighted by Gasteiger charge is -2.06. The van der Waals surface area contributed by atoms with Crippen molar-refractivity contribution in [2.45, 2.75) is 0 Å². The van der Waals surface area contributed by atoms with Gasteiger partial charge in [0.25, 0.3) is 0 Å². The fourth-order valence-electron chi connectivity index (χ4n) is 2.74. The summed E-state index contributed by atoms with van der Waals surface area (Å²) in [7, 11) is 0. The number of carbonyl (C=O) groups excluding carboxylic acids is 1. The maximum Gasteiger partial charge on any atom is 0.193 e. The van der Waals surface area contributed by atoms with Crippen molar-refractivity contribution in [3.05, 3.63) is 96.3 Å². The van der Waals surface area contributed by atoms with Crippen LogP contribution in [0.4, 0.5) is 0 Å². The number of nitrogens with zero attached hydrogens (tertiary/aromatic N) is 2. The van der Waals surface area contributed by atoms with Crippen LogP contribution in [0.2, 0.25) is 0 Å². The van der Waals surface area contributed by atoms with Gasteiger partial charge in [-0.3, -0.25) is 14.8 Å². The van der Waals surface area contributed by atoms with E-state index in [4.69, 9.17) is 0 Å². The average Bonchev–Trinajstić information content (AvgIpc) is 2.68. The molecule has 3 aromatic carbocycles. The van der Waals surface area contributed by atoms with Gasteiger partial charge in [-0.1, -0.05) is 54.6 Å². The van der Waals surface area contributed by atoms with E-state index in [0.717, 1.165) is 22.2 Å². The Morgan fingerprint density at radius 3 is 2.17 bits per heavy atom. The SMILES string of the molecule is O=C(c1ccccc1)c1cccc(-c2ccc3nccnc3c2)c1. The molecule has 0 unspecified atom stereocenters. The van der Waals surface area contributed by atoms with Gasteiger partial charge in [-0.05, 0) is 29.3 Å². The minimum atomic E-state index is 0.0260. The van der Waals surface area contributed by atoms with Gasteiger partial charge in [0.05, 0.1) is 11.0 Å². The van der Waals surface area contributed by atoms with Crippen molar-refractivity contribution in [3.63, 3.8) is 0 Å². The third-order valence-corrected chi connectivity index (χ3v) is 3.96. The highest BCUT2D eigenvalue weighted by Crippen LogP contribution is 2.24. The predicted octanol–water partition coefficient (Wildman–Crippen LogP) is 4.53. The molecule has 4 aromatic rings. The zero-order valence-corrected chi connectivity index (χ0v) is 12.9. The van der Waals surface area contributed by atoms with Crippen molar-refractivity contribution < 1.29 is 4.79 Å². The van der Waals surface area contributed by atoms with E-state index in [1.54, 1.807) is 12.4 Å². The van der Waals surface area contributed by atoms with E-state index in [9.17, 15) is 4.79 Å². The van der Waals surface area contributed by atoms with Gasteiger partial charge in [0.2, 0.25) is 0 Å². The molecule has 0 aliphatic rings. The Bertz CT molecular complexity index is 1030. The third-order valence-electron chi connectivity index (χ3n) is 3.96. The normalized spacial score (nSPS) is 10.7. The fraction of sp³-hybridized carbons (Fsp3) is 0. The van der Waals surface area contributed by atoms with Gasteiger partial charge < -0.3 is 0 Å². The Morgan fingerprint density at radius 2 is 1.33 bits per heavy atom. The predicted molar refractivity (Wildman–Crippen MR) is 94.8 cm³/mol. The van der Waals surface area contributed by atoms with Gasteiger partial charge >= 0.3 is 0 Å². The van der Waals surface area contributed by atoms with E-state index >= 15 is 0 Å². The number of benzene rings is 3. The Labute approximate surface area is 139 Å². The molecule has 0 atom stereocenters. The lowest BCUT2D eigenvalue weighted by molar-refractivity contribution is 0.103. The molecule has 0 bridgehead atoms. The Hall–Kier alpha value is -3.33. The lowest BCUT2D eigenvalue weighted by Crippen LogP contribution is -2.00. The van der Waals surface area contributed by atoms with Crippen molar-refractivity contribution in [2.24, 2.45) is 0 Å². The fourth-order valence-corrected chi connectivity index (χ4v) is 2.74. The average molecular weight is 310 g/mol. The van der Waals surface area contributed by atoms with Crippen LogP contribution in [0.1, 0.15) is 15.9 Å². The van der Waals surface area contributed by atoms with Crippen LogP contribution in [0.15, 0.2) is 85.2 Å². The van der Waals surface area contributed by atoms with Crippen LogP contribution < -0.4 is 0 Å². The van der Waals surface area contributed by atoms with Crippen LogP contribution in [0.25, 0.3) is 22.2 Å². The Balaban J connectivity index is 1.75. The van der Waals surface area contributed by atoms with E-state index in [1.807, 2.05) is 72.8 Å². The van der Waals surface area contributed by atoms with Crippen molar-refractivity contribution in [1.29, 1.82) is 0 Å². The van der Waals surface area contributed by atoms with Crippen LogP contribution in [-0.4, -0.2) is 15.8 Å². The molecule has 24 heavy (non-hydrogen) atoms. The van der Waals surface area contributed by atoms with Crippen molar-refractivity contribution >= 4 is 16.8 Å². The summed E-state index contributed by atoms with van der Waals surface area (Å²) in [6.07, 6.45) is 3.36. The number of carbonyl (C=O) groups is 1. The topological polar surface area (TPSA) is 42.9 Å². The molecule has 0 spiro atoms. The number of fused-ring (bicyclic) bond motifs is 1. The zero-order chi connectivity index (χ0) is 16.4. The van der Waals surface area contributed by atoms with Crippen molar-refractivity contribution in [1.82, 2.24) is 9.97 Å². The molecule has 1 heterocycles. The molecule has 3 nitrogen and oxygen atoms in total. The van der Waals surface area contributed by atoms with E-state index in [-0.39, 0.29) is 5.78 Å². The maximum atomic E-state index is 12.6. The lowest BCUT2D eigenvalue weighted by atomic mass is 9.98. The first kappa shape index (κ1) is 14.3. The summed E-state index contributed by atoms with van der Waals surface area (Å²) in [5.74, 6) is 0.0260. The molecule has 0 saturated heterocycles. The van der Waals surface area contributed by atoms with E-state index in [1.165, 1.54) is 0 Å². The van der Waals surface area contributed by atoms with Crippen LogP contribution >= 0.6 is 0 Å². The van der Waals surface area contributed by atoms with Gasteiger partial charge in [-0.25, -0.2) is 0 Å². The Kier molecular flexibility index (Phi) is 3.60. The smallest absolute Gasteiger partial charge is 0.193 e. The first-order valence-corrected chi connectivity index (χ1v) is 7.72. The summed E-state index contributed by atoms with van der Waals surface area (Å²) < 4.78 is 0. The summed E-state index contributed by atoms with van der Waals surface area (Å²) in [4.78, 5) is 21.2. The van der Waals surface area contributed by atoms with Gasteiger partial charge in [0.15, 0.2) is 5.78 Å². The monoisotopic (exact) mass is 310 g/mol. The quantitative estimate of drug-likeness (QED) is 0.522. The molecule has 3 heteroatoms. The minimum absolute atomic E-state index is 0.0260. The molecule has 1 aromatic heterocycles. The maximum absolute atomic E-state index is 12.6. The van der Waals surface area contributed by atoms with Gasteiger partial charge in [0, 0.05) is 23.5 Å². The molecule has 0 N–H and O–H groups in total. The Morgan fingerprint density at radius 1 is 0.625 bits per heavy atom. The second-order valence-electron chi connectivity index (χ2n) is 5.54. The molecular weight excluding hydrogens is 296 g/mol. The number of hydrogen-bond donors (Lipinski definition) is 0. The van der Waals surface area contributed by atoms with Crippen molar-refractivity contribution in [2.75, 3.05) is 0 Å². The van der Waals surface area contributed by atoms with Crippen LogP contribution in [-0.2, 0) is 0 Å². The highest BCUT2D eigenvalue weighted by atomic mass is 16.1. The standard InChI is InChI=1S/C21H14N2O/c24-21(15-5-2-1-3-6-15)18-8-4-7-16(13-18)17-9-10-19-20(14-17)23-12-11-22-19/h1-14H.